The minimum absolute atomic E-state index is 0.766. The molecule has 1 aliphatic rings. The summed E-state index contributed by atoms with van der Waals surface area (Å²) in [6.07, 6.45) is 2.72. The lowest BCUT2D eigenvalue weighted by Crippen LogP contribution is -2.29. The Labute approximate surface area is 91.9 Å². The zero-order valence-corrected chi connectivity index (χ0v) is 9.98. The quantitative estimate of drug-likeness (QED) is 0.755. The van der Waals surface area contributed by atoms with Crippen molar-refractivity contribution in [3.63, 3.8) is 0 Å². The summed E-state index contributed by atoms with van der Waals surface area (Å²) < 4.78 is 0. The number of rotatable bonds is 3. The average Bonchev–Trinajstić information content (AvgIpc) is 2.76. The van der Waals surface area contributed by atoms with E-state index < -0.39 is 0 Å². The van der Waals surface area contributed by atoms with Crippen molar-refractivity contribution in [3.05, 3.63) is 22.4 Å². The summed E-state index contributed by atoms with van der Waals surface area (Å²) in [6.45, 7) is 2.42. The highest BCUT2D eigenvalue weighted by Crippen LogP contribution is 2.22. The highest BCUT2D eigenvalue weighted by atomic mass is 79.9. The molecule has 0 bridgehead atoms. The first kappa shape index (κ1) is 9.69. The highest BCUT2D eigenvalue weighted by Gasteiger charge is 2.23. The lowest BCUT2D eigenvalue weighted by Gasteiger charge is -2.21. The maximum Gasteiger partial charge on any atom is 0.0331 e. The molecule has 1 aromatic rings. The Morgan fingerprint density at radius 1 is 1.62 bits per heavy atom. The van der Waals surface area contributed by atoms with Crippen LogP contribution in [0.4, 0.5) is 0 Å². The van der Waals surface area contributed by atoms with Gasteiger partial charge in [-0.1, -0.05) is 22.0 Å². The molecular formula is C10H14BrNS. The molecule has 0 saturated carbocycles. The zero-order valence-electron chi connectivity index (χ0n) is 7.58. The number of halogens is 1. The van der Waals surface area contributed by atoms with Crippen molar-refractivity contribution in [2.75, 3.05) is 11.9 Å². The van der Waals surface area contributed by atoms with Crippen LogP contribution in [0.2, 0.25) is 0 Å². The molecule has 72 valence electrons. The Morgan fingerprint density at radius 3 is 3.23 bits per heavy atom. The molecular weight excluding hydrogens is 246 g/mol. The highest BCUT2D eigenvalue weighted by molar-refractivity contribution is 9.09. The number of nitrogens with zero attached hydrogens (tertiary/aromatic N) is 1. The number of alkyl halides is 1. The second-order valence-corrected chi connectivity index (χ2v) is 5.18. The molecule has 0 amide bonds. The van der Waals surface area contributed by atoms with Crippen molar-refractivity contribution in [2.45, 2.75) is 25.4 Å². The molecule has 3 heteroatoms. The molecule has 0 aromatic carbocycles. The number of thiophene rings is 1. The van der Waals surface area contributed by atoms with Crippen molar-refractivity contribution < 1.29 is 0 Å². The fourth-order valence-corrected chi connectivity index (χ4v) is 3.34. The van der Waals surface area contributed by atoms with Crippen LogP contribution < -0.4 is 0 Å². The monoisotopic (exact) mass is 259 g/mol. The minimum Gasteiger partial charge on any atom is -0.294 e. The summed E-state index contributed by atoms with van der Waals surface area (Å²) in [4.78, 5) is 4.08. The summed E-state index contributed by atoms with van der Waals surface area (Å²) in [5.74, 6) is 0. The molecule has 2 heterocycles. The Balaban J connectivity index is 1.94. The van der Waals surface area contributed by atoms with E-state index in [4.69, 9.17) is 0 Å². The van der Waals surface area contributed by atoms with Crippen LogP contribution in [0.25, 0.3) is 0 Å². The molecule has 0 spiro atoms. The smallest absolute Gasteiger partial charge is 0.0331 e. The summed E-state index contributed by atoms with van der Waals surface area (Å²) in [5.41, 5.74) is 0. The molecule has 0 N–H and O–H groups in total. The Hall–Kier alpha value is 0.140. The normalized spacial score (nSPS) is 23.9. The van der Waals surface area contributed by atoms with E-state index in [-0.39, 0.29) is 0 Å². The van der Waals surface area contributed by atoms with Gasteiger partial charge in [-0.05, 0) is 30.8 Å². The Kier molecular flexibility index (Phi) is 3.41. The lowest BCUT2D eigenvalue weighted by atomic mass is 10.2. The van der Waals surface area contributed by atoms with Gasteiger partial charge in [0.1, 0.15) is 0 Å². The first-order valence-electron chi connectivity index (χ1n) is 4.72. The third-order valence-electron chi connectivity index (χ3n) is 2.62. The van der Waals surface area contributed by atoms with Gasteiger partial charge in [-0.3, -0.25) is 4.90 Å². The van der Waals surface area contributed by atoms with Crippen LogP contribution in [0, 0.1) is 0 Å². The average molecular weight is 260 g/mol. The topological polar surface area (TPSA) is 3.24 Å². The predicted octanol–water partition coefficient (Wildman–Crippen LogP) is 3.11. The van der Waals surface area contributed by atoms with Crippen LogP contribution in [0.1, 0.15) is 17.7 Å². The second-order valence-electron chi connectivity index (χ2n) is 3.50. The van der Waals surface area contributed by atoms with Gasteiger partial charge in [0.15, 0.2) is 0 Å². The third-order valence-corrected chi connectivity index (χ3v) is 4.22. The molecule has 13 heavy (non-hydrogen) atoms. The zero-order chi connectivity index (χ0) is 9.10. The van der Waals surface area contributed by atoms with Crippen LogP contribution in [0.3, 0.4) is 0 Å². The van der Waals surface area contributed by atoms with Gasteiger partial charge in [-0.25, -0.2) is 0 Å². The third kappa shape index (κ3) is 2.33. The fourth-order valence-electron chi connectivity index (χ4n) is 1.88. The van der Waals surface area contributed by atoms with E-state index in [1.54, 1.807) is 0 Å². The number of hydrogen-bond acceptors (Lipinski definition) is 2. The van der Waals surface area contributed by atoms with E-state index in [0.717, 1.165) is 17.9 Å². The van der Waals surface area contributed by atoms with Gasteiger partial charge in [0.05, 0.1) is 0 Å². The van der Waals surface area contributed by atoms with Gasteiger partial charge < -0.3 is 0 Å². The summed E-state index contributed by atoms with van der Waals surface area (Å²) in [6, 6.07) is 5.13. The van der Waals surface area contributed by atoms with Crippen LogP contribution >= 0.6 is 27.3 Å². The fraction of sp³-hybridized carbons (Fsp3) is 0.600. The van der Waals surface area contributed by atoms with Crippen molar-refractivity contribution in [1.29, 1.82) is 0 Å². The first-order valence-corrected chi connectivity index (χ1v) is 6.72. The van der Waals surface area contributed by atoms with Crippen molar-refractivity contribution in [2.24, 2.45) is 0 Å². The SMILES string of the molecule is BrCC1CCCN1Cc1cccs1. The Bertz CT molecular complexity index is 247. The number of likely N-dealkylation sites (tertiary alicyclic amines) is 1. The minimum atomic E-state index is 0.766. The van der Waals surface area contributed by atoms with E-state index in [0.29, 0.717) is 0 Å². The van der Waals surface area contributed by atoms with E-state index >= 15 is 0 Å². The van der Waals surface area contributed by atoms with Gasteiger partial charge in [-0.15, -0.1) is 11.3 Å². The molecule has 0 aliphatic carbocycles. The van der Waals surface area contributed by atoms with Gasteiger partial charge in [0.2, 0.25) is 0 Å². The van der Waals surface area contributed by atoms with Crippen molar-refractivity contribution >= 4 is 27.3 Å². The lowest BCUT2D eigenvalue weighted by molar-refractivity contribution is 0.267. The maximum absolute atomic E-state index is 3.58. The molecule has 1 nitrogen and oxygen atoms in total. The molecule has 1 aromatic heterocycles. The largest absolute Gasteiger partial charge is 0.294 e. The van der Waals surface area contributed by atoms with Crippen molar-refractivity contribution in [1.82, 2.24) is 4.90 Å². The second kappa shape index (κ2) is 4.58. The number of hydrogen-bond donors (Lipinski definition) is 0. The van der Waals surface area contributed by atoms with Crippen LogP contribution in [-0.4, -0.2) is 22.8 Å². The standard InChI is InChI=1S/C10H14BrNS/c11-7-9-3-1-5-12(9)8-10-4-2-6-13-10/h2,4,6,9H,1,3,5,7-8H2. The van der Waals surface area contributed by atoms with Gasteiger partial charge in [0, 0.05) is 22.8 Å². The summed E-state index contributed by atoms with van der Waals surface area (Å²) in [7, 11) is 0. The summed E-state index contributed by atoms with van der Waals surface area (Å²) in [5, 5.41) is 3.28. The Morgan fingerprint density at radius 2 is 2.54 bits per heavy atom. The molecule has 1 unspecified atom stereocenters. The molecule has 2 rings (SSSR count). The van der Waals surface area contributed by atoms with Gasteiger partial charge >= 0.3 is 0 Å². The van der Waals surface area contributed by atoms with E-state index in [1.807, 2.05) is 11.3 Å². The van der Waals surface area contributed by atoms with Crippen molar-refractivity contribution in [3.8, 4) is 0 Å². The van der Waals surface area contributed by atoms with E-state index in [1.165, 1.54) is 24.3 Å². The molecule has 1 atom stereocenters. The predicted molar refractivity (Wildman–Crippen MR) is 61.5 cm³/mol. The van der Waals surface area contributed by atoms with Crippen LogP contribution in [0.5, 0.6) is 0 Å². The van der Waals surface area contributed by atoms with Crippen LogP contribution in [-0.2, 0) is 6.54 Å². The molecule has 1 saturated heterocycles. The first-order chi connectivity index (χ1) is 6.40. The summed E-state index contributed by atoms with van der Waals surface area (Å²) >= 11 is 5.45. The van der Waals surface area contributed by atoms with Gasteiger partial charge in [0.25, 0.3) is 0 Å². The molecule has 1 aliphatic heterocycles. The van der Waals surface area contributed by atoms with Crippen LogP contribution in [0.15, 0.2) is 17.5 Å². The molecule has 0 radical (unpaired) electrons. The van der Waals surface area contributed by atoms with E-state index in [9.17, 15) is 0 Å². The molecule has 1 fully saturated rings. The van der Waals surface area contributed by atoms with Gasteiger partial charge in [-0.2, -0.15) is 0 Å². The maximum atomic E-state index is 3.58. The van der Waals surface area contributed by atoms with E-state index in [2.05, 4.69) is 38.3 Å².